The van der Waals surface area contributed by atoms with Crippen molar-refractivity contribution in [3.63, 3.8) is 0 Å². The van der Waals surface area contributed by atoms with Gasteiger partial charge < -0.3 is 4.74 Å². The van der Waals surface area contributed by atoms with Crippen LogP contribution in [-0.4, -0.2) is 16.3 Å². The van der Waals surface area contributed by atoms with Crippen LogP contribution in [0.4, 0.5) is 18.9 Å². The Morgan fingerprint density at radius 3 is 2.67 bits per heavy atom. The molecule has 0 radical (unpaired) electrons. The van der Waals surface area contributed by atoms with Crippen LogP contribution in [-0.2, 0) is 6.42 Å². The fourth-order valence-corrected chi connectivity index (χ4v) is 1.23. The van der Waals surface area contributed by atoms with E-state index in [9.17, 15) is 23.3 Å². The Bertz CT molecular complexity index is 522. The zero-order valence-corrected chi connectivity index (χ0v) is 8.98. The number of aryl methyl sites for hydroxylation is 1. The summed E-state index contributed by atoms with van der Waals surface area (Å²) in [6, 6.07) is 2.22. The summed E-state index contributed by atoms with van der Waals surface area (Å²) in [6.07, 6.45) is -5.45. The van der Waals surface area contributed by atoms with Gasteiger partial charge in [0.05, 0.1) is 29.2 Å². The number of halogens is 3. The van der Waals surface area contributed by atoms with Crippen LogP contribution < -0.4 is 4.74 Å². The molecule has 0 aromatic carbocycles. The van der Waals surface area contributed by atoms with Gasteiger partial charge in [0.15, 0.2) is 5.75 Å². The molecule has 0 N–H and O–H groups in total. The van der Waals surface area contributed by atoms with Gasteiger partial charge in [0.25, 0.3) is 5.69 Å². The molecule has 0 aliphatic carbocycles. The maximum atomic E-state index is 12.1. The molecule has 0 saturated carbocycles. The van der Waals surface area contributed by atoms with Gasteiger partial charge >= 0.3 is 6.36 Å². The molecule has 0 aliphatic heterocycles. The zero-order valence-electron chi connectivity index (χ0n) is 8.98. The van der Waals surface area contributed by atoms with Crippen molar-refractivity contribution in [2.24, 2.45) is 0 Å². The first-order chi connectivity index (χ1) is 8.24. The lowest BCUT2D eigenvalue weighted by Crippen LogP contribution is -2.19. The minimum Gasteiger partial charge on any atom is -0.404 e. The number of rotatable bonds is 3. The van der Waals surface area contributed by atoms with E-state index < -0.39 is 29.1 Å². The third-order valence-corrected chi connectivity index (χ3v) is 1.89. The highest BCUT2D eigenvalue weighted by Gasteiger charge is 2.33. The van der Waals surface area contributed by atoms with Gasteiger partial charge in [-0.1, -0.05) is 0 Å². The number of alkyl halides is 3. The minimum absolute atomic E-state index is 0.0835. The summed E-state index contributed by atoms with van der Waals surface area (Å²) in [5.41, 5.74) is -0.978. The van der Waals surface area contributed by atoms with Gasteiger partial charge in [-0.05, 0) is 6.92 Å². The molecule has 0 unspecified atom stereocenters. The Balaban J connectivity index is 3.31. The molecule has 9 heteroatoms. The molecule has 0 spiro atoms. The van der Waals surface area contributed by atoms with Crippen LogP contribution in [0.5, 0.6) is 5.75 Å². The Labute approximate surface area is 98.8 Å². The molecule has 1 aromatic heterocycles. The molecule has 0 atom stereocenters. The SMILES string of the molecule is Cc1nc(CC#N)c(OC(F)(F)F)cc1[N+](=O)[O-]. The molecule has 0 bridgehead atoms. The summed E-state index contributed by atoms with van der Waals surface area (Å²) in [4.78, 5) is 13.3. The Hall–Kier alpha value is -2.37. The number of hydrogen-bond donors (Lipinski definition) is 0. The number of nitro groups is 1. The molecule has 96 valence electrons. The Morgan fingerprint density at radius 1 is 1.61 bits per heavy atom. The molecule has 1 aromatic rings. The number of hydrogen-bond acceptors (Lipinski definition) is 5. The van der Waals surface area contributed by atoms with Crippen molar-refractivity contribution in [3.8, 4) is 11.8 Å². The van der Waals surface area contributed by atoms with E-state index in [1.54, 1.807) is 6.07 Å². The predicted molar refractivity (Wildman–Crippen MR) is 51.6 cm³/mol. The van der Waals surface area contributed by atoms with Crippen molar-refractivity contribution in [2.75, 3.05) is 0 Å². The maximum Gasteiger partial charge on any atom is 0.573 e. The normalized spacial score (nSPS) is 10.8. The van der Waals surface area contributed by atoms with Crippen LogP contribution in [0, 0.1) is 28.4 Å². The van der Waals surface area contributed by atoms with Crippen molar-refractivity contribution in [2.45, 2.75) is 19.7 Å². The third-order valence-electron chi connectivity index (χ3n) is 1.89. The lowest BCUT2D eigenvalue weighted by molar-refractivity contribution is -0.386. The van der Waals surface area contributed by atoms with Crippen LogP contribution in [0.2, 0.25) is 0 Å². The van der Waals surface area contributed by atoms with E-state index in [0.29, 0.717) is 6.07 Å². The third kappa shape index (κ3) is 3.31. The standard InChI is InChI=1S/C9H6F3N3O3/c1-5-7(15(16)17)4-8(18-9(10,11)12)6(14-5)2-3-13/h4H,2H2,1H3. The number of pyridine rings is 1. The summed E-state index contributed by atoms with van der Waals surface area (Å²) in [5, 5.41) is 19.0. The van der Waals surface area contributed by atoms with Crippen LogP contribution in [0.25, 0.3) is 0 Å². The molecular formula is C9H6F3N3O3. The van der Waals surface area contributed by atoms with Crippen LogP contribution in [0.15, 0.2) is 6.07 Å². The van der Waals surface area contributed by atoms with Gasteiger partial charge in [-0.3, -0.25) is 10.1 Å². The molecule has 0 amide bonds. The molecule has 0 fully saturated rings. The summed E-state index contributed by atoms with van der Waals surface area (Å²) in [6.45, 7) is 1.26. The summed E-state index contributed by atoms with van der Waals surface area (Å²) < 4.78 is 39.9. The van der Waals surface area contributed by atoms with Gasteiger partial charge in [0, 0.05) is 0 Å². The van der Waals surface area contributed by atoms with Crippen molar-refractivity contribution >= 4 is 5.69 Å². The first-order valence-corrected chi connectivity index (χ1v) is 4.52. The van der Waals surface area contributed by atoms with Crippen LogP contribution >= 0.6 is 0 Å². The van der Waals surface area contributed by atoms with Gasteiger partial charge in [-0.2, -0.15) is 5.26 Å². The molecule has 1 heterocycles. The largest absolute Gasteiger partial charge is 0.573 e. The molecular weight excluding hydrogens is 255 g/mol. The average molecular weight is 261 g/mol. The first kappa shape index (κ1) is 13.7. The van der Waals surface area contributed by atoms with E-state index in [-0.39, 0.29) is 11.4 Å². The second-order valence-electron chi connectivity index (χ2n) is 3.18. The average Bonchev–Trinajstić information content (AvgIpc) is 2.19. The molecule has 0 aliphatic rings. The molecule has 0 saturated heterocycles. The fraction of sp³-hybridized carbons (Fsp3) is 0.333. The summed E-state index contributed by atoms with van der Waals surface area (Å²) in [7, 11) is 0. The van der Waals surface area contributed by atoms with E-state index in [0.717, 1.165) is 0 Å². The van der Waals surface area contributed by atoms with Crippen molar-refractivity contribution < 1.29 is 22.8 Å². The maximum absolute atomic E-state index is 12.1. The summed E-state index contributed by atoms with van der Waals surface area (Å²) >= 11 is 0. The monoisotopic (exact) mass is 261 g/mol. The van der Waals surface area contributed by atoms with E-state index in [4.69, 9.17) is 5.26 Å². The second kappa shape index (κ2) is 4.87. The van der Waals surface area contributed by atoms with Gasteiger partial charge in [0.2, 0.25) is 0 Å². The number of nitrogens with zero attached hydrogens (tertiary/aromatic N) is 3. The number of aromatic nitrogens is 1. The molecule has 18 heavy (non-hydrogen) atoms. The summed E-state index contributed by atoms with van der Waals surface area (Å²) in [5.74, 6) is -0.832. The Kier molecular flexibility index (Phi) is 3.70. The highest BCUT2D eigenvalue weighted by molar-refractivity contribution is 5.45. The van der Waals surface area contributed by atoms with Crippen molar-refractivity contribution in [1.82, 2.24) is 4.98 Å². The first-order valence-electron chi connectivity index (χ1n) is 4.52. The van der Waals surface area contributed by atoms with Gasteiger partial charge in [-0.15, -0.1) is 13.2 Å². The number of ether oxygens (including phenoxy) is 1. The molecule has 1 rings (SSSR count). The van der Waals surface area contributed by atoms with E-state index in [1.807, 2.05) is 0 Å². The molecule has 6 nitrogen and oxygen atoms in total. The van der Waals surface area contributed by atoms with Gasteiger partial charge in [-0.25, -0.2) is 4.98 Å². The fourth-order valence-electron chi connectivity index (χ4n) is 1.23. The highest BCUT2D eigenvalue weighted by atomic mass is 19.4. The predicted octanol–water partition coefficient (Wildman–Crippen LogP) is 2.26. The topological polar surface area (TPSA) is 89.0 Å². The quantitative estimate of drug-likeness (QED) is 0.615. The Morgan fingerprint density at radius 2 is 2.22 bits per heavy atom. The van der Waals surface area contributed by atoms with E-state index >= 15 is 0 Å². The van der Waals surface area contributed by atoms with Crippen molar-refractivity contribution in [3.05, 3.63) is 27.6 Å². The van der Waals surface area contributed by atoms with Crippen LogP contribution in [0.3, 0.4) is 0 Å². The minimum atomic E-state index is -5.00. The van der Waals surface area contributed by atoms with Crippen LogP contribution in [0.1, 0.15) is 11.4 Å². The number of nitriles is 1. The van der Waals surface area contributed by atoms with Crippen molar-refractivity contribution in [1.29, 1.82) is 5.26 Å². The highest BCUT2D eigenvalue weighted by Crippen LogP contribution is 2.30. The lowest BCUT2D eigenvalue weighted by Gasteiger charge is -2.11. The van der Waals surface area contributed by atoms with Gasteiger partial charge in [0.1, 0.15) is 5.69 Å². The van der Waals surface area contributed by atoms with E-state index in [2.05, 4.69) is 9.72 Å². The van der Waals surface area contributed by atoms with E-state index in [1.165, 1.54) is 6.92 Å². The smallest absolute Gasteiger partial charge is 0.404 e. The zero-order chi connectivity index (χ0) is 13.9. The lowest BCUT2D eigenvalue weighted by atomic mass is 10.2. The second-order valence-corrected chi connectivity index (χ2v) is 3.18.